The van der Waals surface area contributed by atoms with Crippen LogP contribution in [-0.2, 0) is 24.1 Å². The van der Waals surface area contributed by atoms with Crippen molar-refractivity contribution in [3.63, 3.8) is 0 Å². The molecule has 0 amide bonds. The van der Waals surface area contributed by atoms with Gasteiger partial charge in [0.25, 0.3) is 0 Å². The standard InChI is InChI=1S/C13H21N5O2/c1-5-10-14-11(6-2)18(16-10)8-12-15-13(17-20-12)9(4)19-7-3/h9H,5-8H2,1-4H3/t9-/m1/s1. The normalized spacial score (nSPS) is 12.8. The molecule has 0 saturated heterocycles. The number of aryl methyl sites for hydroxylation is 2. The van der Waals surface area contributed by atoms with Crippen LogP contribution in [0.2, 0.25) is 0 Å². The first-order chi connectivity index (χ1) is 9.67. The van der Waals surface area contributed by atoms with Crippen molar-refractivity contribution in [3.8, 4) is 0 Å². The summed E-state index contributed by atoms with van der Waals surface area (Å²) in [6.07, 6.45) is 1.48. The molecule has 2 heterocycles. The molecule has 20 heavy (non-hydrogen) atoms. The topological polar surface area (TPSA) is 78.9 Å². The number of rotatable bonds is 7. The first-order valence-corrected chi connectivity index (χ1v) is 7.04. The maximum absolute atomic E-state index is 5.44. The molecule has 7 nitrogen and oxygen atoms in total. The fourth-order valence-electron chi connectivity index (χ4n) is 1.91. The van der Waals surface area contributed by atoms with E-state index in [1.807, 2.05) is 25.5 Å². The van der Waals surface area contributed by atoms with Crippen LogP contribution in [0.4, 0.5) is 0 Å². The molecule has 0 saturated carbocycles. The molecule has 2 aromatic rings. The summed E-state index contributed by atoms with van der Waals surface area (Å²) in [7, 11) is 0. The van der Waals surface area contributed by atoms with Crippen molar-refractivity contribution >= 4 is 0 Å². The smallest absolute Gasteiger partial charge is 0.248 e. The Labute approximate surface area is 118 Å². The van der Waals surface area contributed by atoms with Gasteiger partial charge in [0, 0.05) is 19.4 Å². The molecule has 0 unspecified atom stereocenters. The summed E-state index contributed by atoms with van der Waals surface area (Å²) in [5, 5.41) is 8.37. The van der Waals surface area contributed by atoms with Crippen molar-refractivity contribution in [3.05, 3.63) is 23.4 Å². The van der Waals surface area contributed by atoms with E-state index in [2.05, 4.69) is 27.1 Å². The zero-order valence-corrected chi connectivity index (χ0v) is 12.5. The van der Waals surface area contributed by atoms with Gasteiger partial charge in [0.05, 0.1) is 0 Å². The number of aromatic nitrogens is 5. The first kappa shape index (κ1) is 14.6. The Morgan fingerprint density at radius 1 is 1.20 bits per heavy atom. The van der Waals surface area contributed by atoms with E-state index in [9.17, 15) is 0 Å². The van der Waals surface area contributed by atoms with Crippen LogP contribution in [0.5, 0.6) is 0 Å². The van der Waals surface area contributed by atoms with Crippen LogP contribution in [0.15, 0.2) is 4.52 Å². The van der Waals surface area contributed by atoms with Gasteiger partial charge in [-0.25, -0.2) is 9.67 Å². The third-order valence-electron chi connectivity index (χ3n) is 2.97. The van der Waals surface area contributed by atoms with Crippen molar-refractivity contribution in [1.29, 1.82) is 0 Å². The summed E-state index contributed by atoms with van der Waals surface area (Å²) in [6.45, 7) is 8.99. The van der Waals surface area contributed by atoms with Gasteiger partial charge in [0.15, 0.2) is 11.6 Å². The number of hydrogen-bond acceptors (Lipinski definition) is 6. The summed E-state index contributed by atoms with van der Waals surface area (Å²) in [4.78, 5) is 8.80. The van der Waals surface area contributed by atoms with E-state index in [0.717, 1.165) is 24.5 Å². The number of ether oxygens (including phenoxy) is 1. The van der Waals surface area contributed by atoms with E-state index in [1.54, 1.807) is 0 Å². The number of hydrogen-bond donors (Lipinski definition) is 0. The minimum atomic E-state index is -0.162. The van der Waals surface area contributed by atoms with Crippen LogP contribution >= 0.6 is 0 Å². The Hall–Kier alpha value is -1.76. The Kier molecular flexibility index (Phi) is 4.84. The van der Waals surface area contributed by atoms with E-state index in [1.165, 1.54) is 0 Å². The quantitative estimate of drug-likeness (QED) is 0.770. The van der Waals surface area contributed by atoms with Crippen LogP contribution in [-0.4, -0.2) is 31.5 Å². The molecule has 0 aliphatic carbocycles. The molecule has 0 spiro atoms. The molecular weight excluding hydrogens is 258 g/mol. The Morgan fingerprint density at radius 2 is 2.00 bits per heavy atom. The molecule has 0 bridgehead atoms. The lowest BCUT2D eigenvalue weighted by Crippen LogP contribution is -2.07. The Bertz CT molecular complexity index is 549. The lowest BCUT2D eigenvalue weighted by molar-refractivity contribution is 0.0683. The molecule has 0 aromatic carbocycles. The molecule has 7 heteroatoms. The third kappa shape index (κ3) is 3.22. The van der Waals surface area contributed by atoms with E-state index >= 15 is 0 Å². The van der Waals surface area contributed by atoms with Gasteiger partial charge in [-0.1, -0.05) is 19.0 Å². The van der Waals surface area contributed by atoms with Crippen molar-refractivity contribution in [2.75, 3.05) is 6.61 Å². The predicted molar refractivity (Wildman–Crippen MR) is 72.2 cm³/mol. The van der Waals surface area contributed by atoms with Crippen molar-refractivity contribution in [1.82, 2.24) is 24.9 Å². The van der Waals surface area contributed by atoms with Crippen LogP contribution < -0.4 is 0 Å². The first-order valence-electron chi connectivity index (χ1n) is 7.04. The van der Waals surface area contributed by atoms with Gasteiger partial charge in [-0.05, 0) is 13.8 Å². The SMILES string of the molecule is CCO[C@H](C)c1noc(Cn2nc(CC)nc2CC)n1. The van der Waals surface area contributed by atoms with Gasteiger partial charge in [0.1, 0.15) is 18.5 Å². The molecule has 0 N–H and O–H groups in total. The predicted octanol–water partition coefficient (Wildman–Crippen LogP) is 1.93. The molecule has 110 valence electrons. The average Bonchev–Trinajstić information content (AvgIpc) is 3.06. The largest absolute Gasteiger partial charge is 0.371 e. The molecule has 2 aromatic heterocycles. The second-order valence-corrected chi connectivity index (χ2v) is 4.45. The van der Waals surface area contributed by atoms with Crippen molar-refractivity contribution in [2.24, 2.45) is 0 Å². The average molecular weight is 279 g/mol. The minimum absolute atomic E-state index is 0.162. The lowest BCUT2D eigenvalue weighted by Gasteiger charge is -2.04. The van der Waals surface area contributed by atoms with Crippen molar-refractivity contribution in [2.45, 2.75) is 53.2 Å². The summed E-state index contributed by atoms with van der Waals surface area (Å²) in [6, 6.07) is 0. The molecule has 0 radical (unpaired) electrons. The fraction of sp³-hybridized carbons (Fsp3) is 0.692. The fourth-order valence-corrected chi connectivity index (χ4v) is 1.91. The summed E-state index contributed by atoms with van der Waals surface area (Å²) < 4.78 is 12.5. The van der Waals surface area contributed by atoms with Gasteiger partial charge in [-0.2, -0.15) is 10.1 Å². The third-order valence-corrected chi connectivity index (χ3v) is 2.97. The maximum Gasteiger partial charge on any atom is 0.248 e. The van der Waals surface area contributed by atoms with E-state index in [-0.39, 0.29) is 6.10 Å². The molecule has 0 aliphatic heterocycles. The van der Waals surface area contributed by atoms with Crippen LogP contribution in [0.1, 0.15) is 57.2 Å². The highest BCUT2D eigenvalue weighted by atomic mass is 16.5. The zero-order chi connectivity index (χ0) is 14.5. The van der Waals surface area contributed by atoms with Gasteiger partial charge >= 0.3 is 0 Å². The zero-order valence-electron chi connectivity index (χ0n) is 12.5. The van der Waals surface area contributed by atoms with Gasteiger partial charge in [-0.15, -0.1) is 0 Å². The van der Waals surface area contributed by atoms with Crippen LogP contribution in [0.3, 0.4) is 0 Å². The van der Waals surface area contributed by atoms with E-state index < -0.39 is 0 Å². The van der Waals surface area contributed by atoms with Crippen LogP contribution in [0.25, 0.3) is 0 Å². The second kappa shape index (κ2) is 6.60. The highest BCUT2D eigenvalue weighted by Crippen LogP contribution is 2.13. The monoisotopic (exact) mass is 279 g/mol. The van der Waals surface area contributed by atoms with E-state index in [4.69, 9.17) is 9.26 Å². The van der Waals surface area contributed by atoms with Crippen LogP contribution in [0, 0.1) is 0 Å². The molecule has 0 aliphatic rings. The molecular formula is C13H21N5O2. The molecule has 0 fully saturated rings. The summed E-state index contributed by atoms with van der Waals surface area (Å²) in [5.41, 5.74) is 0. The van der Waals surface area contributed by atoms with Crippen molar-refractivity contribution < 1.29 is 9.26 Å². The Balaban J connectivity index is 2.12. The lowest BCUT2D eigenvalue weighted by atomic mass is 10.4. The maximum atomic E-state index is 5.44. The van der Waals surface area contributed by atoms with E-state index in [0.29, 0.717) is 24.9 Å². The van der Waals surface area contributed by atoms with Gasteiger partial charge in [-0.3, -0.25) is 0 Å². The van der Waals surface area contributed by atoms with Gasteiger partial charge < -0.3 is 9.26 Å². The molecule has 2 rings (SSSR count). The van der Waals surface area contributed by atoms with Gasteiger partial charge in [0.2, 0.25) is 5.89 Å². The second-order valence-electron chi connectivity index (χ2n) is 4.45. The summed E-state index contributed by atoms with van der Waals surface area (Å²) in [5.74, 6) is 2.85. The summed E-state index contributed by atoms with van der Waals surface area (Å²) >= 11 is 0. The molecule has 1 atom stereocenters. The highest BCUT2D eigenvalue weighted by molar-refractivity contribution is 4.96. The minimum Gasteiger partial charge on any atom is -0.371 e. The Morgan fingerprint density at radius 3 is 2.65 bits per heavy atom. The highest BCUT2D eigenvalue weighted by Gasteiger charge is 2.16. The number of nitrogens with zero attached hydrogens (tertiary/aromatic N) is 5.